The minimum atomic E-state index is -0.930. The van der Waals surface area contributed by atoms with Crippen LogP contribution in [-0.2, 0) is 4.79 Å². The molecule has 0 aromatic heterocycles. The molecule has 2 rings (SSSR count). The van der Waals surface area contributed by atoms with Gasteiger partial charge >= 0.3 is 12.1 Å². The van der Waals surface area contributed by atoms with Crippen molar-refractivity contribution in [3.63, 3.8) is 0 Å². The van der Waals surface area contributed by atoms with Gasteiger partial charge in [-0.15, -0.1) is 0 Å². The molecule has 16 heavy (non-hydrogen) atoms. The van der Waals surface area contributed by atoms with Crippen LogP contribution in [0, 0.1) is 0 Å². The predicted octanol–water partition coefficient (Wildman–Crippen LogP) is -0.319. The van der Waals surface area contributed by atoms with Crippen molar-refractivity contribution in [2.45, 2.75) is 18.9 Å². The highest BCUT2D eigenvalue weighted by molar-refractivity contribution is 6.02. The standard InChI is InChI=1S/C9H13N3O4/c13-7-5-12(8(14)10-7)6-1-3-11(4-2-6)9(15)16/h6H,1-5H2,(H,15,16)(H,10,13,14). The lowest BCUT2D eigenvalue weighted by Crippen LogP contribution is -2.47. The third-order valence-corrected chi connectivity index (χ3v) is 3.00. The Kier molecular flexibility index (Phi) is 2.67. The van der Waals surface area contributed by atoms with Crippen LogP contribution in [0.4, 0.5) is 9.59 Å². The Morgan fingerprint density at radius 1 is 1.31 bits per heavy atom. The summed E-state index contributed by atoms with van der Waals surface area (Å²) in [7, 11) is 0. The van der Waals surface area contributed by atoms with E-state index in [4.69, 9.17) is 5.11 Å². The SMILES string of the molecule is O=C1CN(C2CCN(C(=O)O)CC2)C(=O)N1. The van der Waals surface area contributed by atoms with Crippen molar-refractivity contribution in [2.24, 2.45) is 0 Å². The Bertz CT molecular complexity index is 336. The fraction of sp³-hybridized carbons (Fsp3) is 0.667. The van der Waals surface area contributed by atoms with Crippen LogP contribution < -0.4 is 5.32 Å². The summed E-state index contributed by atoms with van der Waals surface area (Å²) in [5, 5.41) is 11.0. The molecule has 4 amide bonds. The van der Waals surface area contributed by atoms with Crippen molar-refractivity contribution in [1.82, 2.24) is 15.1 Å². The molecule has 7 nitrogen and oxygen atoms in total. The zero-order valence-corrected chi connectivity index (χ0v) is 8.68. The molecule has 0 bridgehead atoms. The van der Waals surface area contributed by atoms with E-state index >= 15 is 0 Å². The summed E-state index contributed by atoms with van der Waals surface area (Å²) in [6.45, 7) is 0.923. The number of nitrogens with zero attached hydrogens (tertiary/aromatic N) is 2. The quantitative estimate of drug-likeness (QED) is 0.601. The molecule has 7 heteroatoms. The first-order chi connectivity index (χ1) is 7.58. The number of amides is 4. The van der Waals surface area contributed by atoms with E-state index in [9.17, 15) is 14.4 Å². The fourth-order valence-electron chi connectivity index (χ4n) is 2.12. The average Bonchev–Trinajstić information content (AvgIpc) is 2.58. The van der Waals surface area contributed by atoms with Gasteiger partial charge in [0.05, 0.1) is 0 Å². The Morgan fingerprint density at radius 2 is 1.94 bits per heavy atom. The maximum absolute atomic E-state index is 11.4. The van der Waals surface area contributed by atoms with Crippen molar-refractivity contribution in [3.8, 4) is 0 Å². The molecule has 0 aromatic rings. The van der Waals surface area contributed by atoms with Gasteiger partial charge < -0.3 is 14.9 Å². The van der Waals surface area contributed by atoms with Crippen LogP contribution in [0.15, 0.2) is 0 Å². The molecule has 0 unspecified atom stereocenters. The molecule has 2 N–H and O–H groups in total. The highest BCUT2D eigenvalue weighted by Crippen LogP contribution is 2.18. The molecule has 2 heterocycles. The lowest BCUT2D eigenvalue weighted by molar-refractivity contribution is -0.118. The van der Waals surface area contributed by atoms with Crippen LogP contribution >= 0.6 is 0 Å². The van der Waals surface area contributed by atoms with Gasteiger partial charge in [-0.3, -0.25) is 10.1 Å². The molecule has 0 spiro atoms. The summed E-state index contributed by atoms with van der Waals surface area (Å²) in [6.07, 6.45) is 0.250. The van der Waals surface area contributed by atoms with E-state index in [1.165, 1.54) is 9.80 Å². The topological polar surface area (TPSA) is 90.0 Å². The largest absolute Gasteiger partial charge is 0.465 e. The van der Waals surface area contributed by atoms with Gasteiger partial charge in [0, 0.05) is 19.1 Å². The molecule has 0 radical (unpaired) electrons. The maximum Gasteiger partial charge on any atom is 0.407 e. The number of carbonyl (C=O) groups is 3. The number of hydrogen-bond acceptors (Lipinski definition) is 3. The van der Waals surface area contributed by atoms with E-state index in [0.29, 0.717) is 25.9 Å². The van der Waals surface area contributed by atoms with Crippen molar-refractivity contribution < 1.29 is 19.5 Å². The number of urea groups is 1. The van der Waals surface area contributed by atoms with E-state index < -0.39 is 6.09 Å². The number of piperidine rings is 1. The average molecular weight is 227 g/mol. The van der Waals surface area contributed by atoms with Gasteiger partial charge in [-0.25, -0.2) is 9.59 Å². The van der Waals surface area contributed by atoms with E-state index in [0.717, 1.165) is 0 Å². The van der Waals surface area contributed by atoms with E-state index in [2.05, 4.69) is 5.32 Å². The first-order valence-electron chi connectivity index (χ1n) is 5.16. The monoisotopic (exact) mass is 227 g/mol. The Hall–Kier alpha value is -1.79. The molecule has 2 saturated heterocycles. The summed E-state index contributed by atoms with van der Waals surface area (Å²) in [5.74, 6) is -0.286. The molecular formula is C9H13N3O4. The van der Waals surface area contributed by atoms with Gasteiger partial charge in [-0.05, 0) is 12.8 Å². The summed E-state index contributed by atoms with van der Waals surface area (Å²) in [5.41, 5.74) is 0. The Morgan fingerprint density at radius 3 is 2.38 bits per heavy atom. The Balaban J connectivity index is 1.92. The minimum absolute atomic E-state index is 0.0259. The number of imide groups is 1. The van der Waals surface area contributed by atoms with Crippen molar-refractivity contribution in [3.05, 3.63) is 0 Å². The highest BCUT2D eigenvalue weighted by atomic mass is 16.4. The summed E-state index contributed by atoms with van der Waals surface area (Å²) < 4.78 is 0. The molecule has 88 valence electrons. The van der Waals surface area contributed by atoms with Crippen LogP contribution in [0.1, 0.15) is 12.8 Å². The van der Waals surface area contributed by atoms with E-state index in [1.54, 1.807) is 0 Å². The van der Waals surface area contributed by atoms with Crippen LogP contribution in [0.3, 0.4) is 0 Å². The summed E-state index contributed by atoms with van der Waals surface area (Å²) in [6, 6.07) is -0.388. The zero-order valence-electron chi connectivity index (χ0n) is 8.68. The molecular weight excluding hydrogens is 214 g/mol. The molecule has 2 aliphatic rings. The van der Waals surface area contributed by atoms with Gasteiger partial charge in [0.1, 0.15) is 6.54 Å². The minimum Gasteiger partial charge on any atom is -0.465 e. The lowest BCUT2D eigenvalue weighted by atomic mass is 10.0. The second-order valence-corrected chi connectivity index (χ2v) is 3.98. The molecule has 0 atom stereocenters. The van der Waals surface area contributed by atoms with Crippen molar-refractivity contribution >= 4 is 18.0 Å². The lowest BCUT2D eigenvalue weighted by Gasteiger charge is -2.34. The first-order valence-corrected chi connectivity index (χ1v) is 5.16. The van der Waals surface area contributed by atoms with Crippen LogP contribution in [0.25, 0.3) is 0 Å². The molecule has 2 aliphatic heterocycles. The number of carboxylic acid groups (broad SMARTS) is 1. The first kappa shape index (κ1) is 10.7. The van der Waals surface area contributed by atoms with Crippen molar-refractivity contribution in [2.75, 3.05) is 19.6 Å². The third kappa shape index (κ3) is 1.93. The number of nitrogens with one attached hydrogen (secondary N) is 1. The summed E-state index contributed by atoms with van der Waals surface area (Å²) >= 11 is 0. The summed E-state index contributed by atoms with van der Waals surface area (Å²) in [4.78, 5) is 35.9. The van der Waals surface area contributed by atoms with Gasteiger partial charge in [0.2, 0.25) is 5.91 Å². The van der Waals surface area contributed by atoms with Crippen LogP contribution in [-0.4, -0.2) is 58.6 Å². The van der Waals surface area contributed by atoms with Gasteiger partial charge in [0.15, 0.2) is 0 Å². The predicted molar refractivity (Wildman–Crippen MR) is 52.9 cm³/mol. The van der Waals surface area contributed by atoms with Crippen LogP contribution in [0.5, 0.6) is 0 Å². The molecule has 0 saturated carbocycles. The maximum atomic E-state index is 11.4. The Labute approximate surface area is 92.0 Å². The van der Waals surface area contributed by atoms with Crippen LogP contribution in [0.2, 0.25) is 0 Å². The number of carbonyl (C=O) groups excluding carboxylic acids is 2. The molecule has 0 aliphatic carbocycles. The molecule has 0 aromatic carbocycles. The third-order valence-electron chi connectivity index (χ3n) is 3.00. The van der Waals surface area contributed by atoms with E-state index in [-0.39, 0.29) is 24.5 Å². The number of hydrogen-bond donors (Lipinski definition) is 2. The zero-order chi connectivity index (χ0) is 11.7. The van der Waals surface area contributed by atoms with Gasteiger partial charge in [-0.1, -0.05) is 0 Å². The smallest absolute Gasteiger partial charge is 0.407 e. The second-order valence-electron chi connectivity index (χ2n) is 3.98. The fourth-order valence-corrected chi connectivity index (χ4v) is 2.12. The number of likely N-dealkylation sites (tertiary alicyclic amines) is 1. The normalized spacial score (nSPS) is 22.5. The van der Waals surface area contributed by atoms with Gasteiger partial charge in [0.25, 0.3) is 0 Å². The number of rotatable bonds is 1. The highest BCUT2D eigenvalue weighted by Gasteiger charge is 2.35. The van der Waals surface area contributed by atoms with Gasteiger partial charge in [-0.2, -0.15) is 0 Å². The van der Waals surface area contributed by atoms with Crippen molar-refractivity contribution in [1.29, 1.82) is 0 Å². The molecule has 2 fully saturated rings. The van der Waals surface area contributed by atoms with E-state index in [1.807, 2.05) is 0 Å². The second kappa shape index (κ2) is 3.99.